The van der Waals surface area contributed by atoms with Crippen LogP contribution in [0.15, 0.2) is 0 Å². The number of aliphatic carboxylic acids is 2. The van der Waals surface area contributed by atoms with Gasteiger partial charge >= 0.3 is 11.9 Å². The van der Waals surface area contributed by atoms with E-state index in [0.717, 1.165) is 0 Å². The zero-order chi connectivity index (χ0) is 50.2. The zero-order valence-corrected chi connectivity index (χ0v) is 39.1. The standard InChI is InChI=1S/C39H73N13O12S2/c40-15-5-1-9-23(46-32(56)22(44)20-65)35(59)51-28(19-30(45)53)38(62)49-25(11-3-7-17-42)34(58)50-27(13-14-31(54)55)37(61)48-24(10-2-6-16-41)33(57)47-26(12-4-8-18-43)36(60)52-29(21-66)39(63)64/h22-29,65-66H,1-21,40-44H2,(H2,45,53)(H,46,56)(H,47,57)(H,48,61)(H,49,62)(H,50,58)(H,51,59)(H,52,60)(H,54,55)(H,63,64)/t22-,23-,24-,25-,26-,27-,28-,29-/m0/s1. The monoisotopic (exact) mass is 979 g/mol. The number of unbranched alkanes of at least 4 members (excludes halogenated alkanes) is 4. The number of thiol groups is 2. The zero-order valence-electron chi connectivity index (χ0n) is 37.3. The average molecular weight is 980 g/mol. The van der Waals surface area contributed by atoms with Crippen LogP contribution in [0.2, 0.25) is 0 Å². The number of amides is 8. The fourth-order valence-electron chi connectivity index (χ4n) is 6.17. The number of hydrogen-bond acceptors (Lipinski definition) is 17. The van der Waals surface area contributed by atoms with Crippen molar-refractivity contribution < 1.29 is 58.2 Å². The Kier molecular flexibility index (Phi) is 32.8. The van der Waals surface area contributed by atoms with Crippen LogP contribution in [0.3, 0.4) is 0 Å². The molecule has 27 heteroatoms. The van der Waals surface area contributed by atoms with Gasteiger partial charge in [0.15, 0.2) is 0 Å². The molecule has 0 fully saturated rings. The number of primary amides is 1. The van der Waals surface area contributed by atoms with Crippen molar-refractivity contribution in [2.24, 2.45) is 34.4 Å². The van der Waals surface area contributed by atoms with Gasteiger partial charge in [-0.15, -0.1) is 0 Å². The third-order valence-corrected chi connectivity index (χ3v) is 10.7. The third-order valence-electron chi connectivity index (χ3n) is 9.97. The van der Waals surface area contributed by atoms with Crippen molar-refractivity contribution in [2.45, 2.75) is 145 Å². The van der Waals surface area contributed by atoms with Crippen LogP contribution < -0.4 is 71.6 Å². The lowest BCUT2D eigenvalue weighted by Crippen LogP contribution is -2.60. The summed E-state index contributed by atoms with van der Waals surface area (Å²) in [5.74, 6) is -10.3. The number of carboxylic acids is 2. The third kappa shape index (κ3) is 25.8. The van der Waals surface area contributed by atoms with E-state index in [2.05, 4.69) is 62.5 Å². The van der Waals surface area contributed by atoms with Crippen LogP contribution in [-0.2, 0) is 47.9 Å². The maximum absolute atomic E-state index is 14.0. The molecule has 0 unspecified atom stereocenters. The molecule has 66 heavy (non-hydrogen) atoms. The van der Waals surface area contributed by atoms with Gasteiger partial charge in [0, 0.05) is 17.9 Å². The molecule has 0 rings (SSSR count). The lowest BCUT2D eigenvalue weighted by Gasteiger charge is -2.28. The molecular formula is C39H73N13O12S2. The molecule has 0 spiro atoms. The van der Waals surface area contributed by atoms with E-state index in [0.29, 0.717) is 44.9 Å². The average Bonchev–Trinajstić information content (AvgIpc) is 3.26. The summed E-state index contributed by atoms with van der Waals surface area (Å²) >= 11 is 7.96. The van der Waals surface area contributed by atoms with E-state index in [-0.39, 0.29) is 69.8 Å². The van der Waals surface area contributed by atoms with Crippen molar-refractivity contribution in [3.8, 4) is 0 Å². The molecule has 0 heterocycles. The molecular weight excluding hydrogens is 907 g/mol. The summed E-state index contributed by atoms with van der Waals surface area (Å²) in [7, 11) is 0. The van der Waals surface area contributed by atoms with Crippen LogP contribution in [0.25, 0.3) is 0 Å². The van der Waals surface area contributed by atoms with E-state index in [9.17, 15) is 58.2 Å². The van der Waals surface area contributed by atoms with E-state index in [1.807, 2.05) is 0 Å². The SMILES string of the molecule is NCCCC[C@H](NC(=O)[C@H](CCCCN)NC(=O)[C@H](CCC(=O)O)NC(=O)[C@H](CCCCN)NC(=O)[C@H](CC(N)=O)NC(=O)[C@H](CCCCN)NC(=O)[C@@H](N)CS)C(=O)N[C@@H](CS)C(=O)O. The predicted octanol–water partition coefficient (Wildman–Crippen LogP) is -5.09. The first-order valence-electron chi connectivity index (χ1n) is 21.9. The van der Waals surface area contributed by atoms with E-state index in [1.165, 1.54) is 0 Å². The van der Waals surface area contributed by atoms with Gasteiger partial charge < -0.3 is 81.8 Å². The summed E-state index contributed by atoms with van der Waals surface area (Å²) in [6.07, 6.45) is 1.17. The summed E-state index contributed by atoms with van der Waals surface area (Å²) in [4.78, 5) is 130. The molecule has 21 N–H and O–H groups in total. The van der Waals surface area contributed by atoms with Gasteiger partial charge in [0.05, 0.1) is 12.5 Å². The normalized spacial score (nSPS) is 14.7. The van der Waals surface area contributed by atoms with Crippen molar-refractivity contribution in [3.05, 3.63) is 0 Å². The van der Waals surface area contributed by atoms with E-state index in [1.54, 1.807) is 0 Å². The van der Waals surface area contributed by atoms with Gasteiger partial charge in [-0.3, -0.25) is 43.2 Å². The molecule has 8 amide bonds. The summed E-state index contributed by atoms with van der Waals surface area (Å²) in [6, 6.07) is -11.1. The van der Waals surface area contributed by atoms with Crippen LogP contribution >= 0.6 is 25.3 Å². The smallest absolute Gasteiger partial charge is 0.327 e. The number of nitrogens with two attached hydrogens (primary N) is 6. The van der Waals surface area contributed by atoms with Gasteiger partial charge in [-0.05, 0) is 110 Å². The summed E-state index contributed by atoms with van der Waals surface area (Å²) in [6.45, 7) is 0.972. The molecule has 8 atom stereocenters. The minimum atomic E-state index is -1.67. The van der Waals surface area contributed by atoms with E-state index in [4.69, 9.17) is 34.4 Å². The first-order chi connectivity index (χ1) is 31.3. The molecule has 0 saturated heterocycles. The van der Waals surface area contributed by atoms with Crippen LogP contribution in [0, 0.1) is 0 Å². The summed E-state index contributed by atoms with van der Waals surface area (Å²) < 4.78 is 0. The summed E-state index contributed by atoms with van der Waals surface area (Å²) in [5, 5.41) is 36.2. The van der Waals surface area contributed by atoms with Crippen molar-refractivity contribution in [3.63, 3.8) is 0 Å². The van der Waals surface area contributed by atoms with Crippen LogP contribution in [0.4, 0.5) is 0 Å². The Labute approximate surface area is 395 Å². The Bertz CT molecular complexity index is 1580. The highest BCUT2D eigenvalue weighted by molar-refractivity contribution is 7.80. The largest absolute Gasteiger partial charge is 0.481 e. The lowest BCUT2D eigenvalue weighted by atomic mass is 10.0. The highest BCUT2D eigenvalue weighted by atomic mass is 32.1. The van der Waals surface area contributed by atoms with Gasteiger partial charge in [0.1, 0.15) is 42.3 Å². The molecule has 0 aliphatic heterocycles. The van der Waals surface area contributed by atoms with Crippen molar-refractivity contribution in [2.75, 3.05) is 37.7 Å². The van der Waals surface area contributed by atoms with Gasteiger partial charge in [0.2, 0.25) is 47.3 Å². The van der Waals surface area contributed by atoms with Crippen molar-refractivity contribution in [1.82, 2.24) is 37.2 Å². The fourth-order valence-corrected chi connectivity index (χ4v) is 6.59. The molecule has 378 valence electrons. The number of carbonyl (C=O) groups excluding carboxylic acids is 8. The molecule has 25 nitrogen and oxygen atoms in total. The minimum absolute atomic E-state index is 0.0236. The van der Waals surface area contributed by atoms with Crippen molar-refractivity contribution in [1.29, 1.82) is 0 Å². The summed E-state index contributed by atoms with van der Waals surface area (Å²) in [5.41, 5.74) is 33.7. The van der Waals surface area contributed by atoms with Gasteiger partial charge in [-0.25, -0.2) is 4.79 Å². The van der Waals surface area contributed by atoms with Crippen molar-refractivity contribution >= 4 is 84.5 Å². The molecule has 0 radical (unpaired) electrons. The van der Waals surface area contributed by atoms with Gasteiger partial charge in [0.25, 0.3) is 0 Å². The molecule has 0 aromatic rings. The van der Waals surface area contributed by atoms with Gasteiger partial charge in [-0.1, -0.05) is 0 Å². The molecule has 0 aromatic carbocycles. The van der Waals surface area contributed by atoms with Crippen LogP contribution in [0.1, 0.15) is 96.3 Å². The Morgan fingerprint density at radius 2 is 0.697 bits per heavy atom. The van der Waals surface area contributed by atoms with Crippen LogP contribution in [-0.4, -0.2) is 155 Å². The topological polar surface area (TPSA) is 451 Å². The highest BCUT2D eigenvalue weighted by Crippen LogP contribution is 2.10. The number of hydrogen-bond donors (Lipinski definition) is 17. The quantitative estimate of drug-likeness (QED) is 0.0203. The Morgan fingerprint density at radius 3 is 0.970 bits per heavy atom. The second-order valence-electron chi connectivity index (χ2n) is 15.5. The molecule has 0 aliphatic rings. The number of nitrogens with one attached hydrogen (secondary N) is 7. The van der Waals surface area contributed by atoms with Crippen LogP contribution in [0.5, 0.6) is 0 Å². The van der Waals surface area contributed by atoms with E-state index < -0.39 is 127 Å². The first kappa shape index (κ1) is 61.2. The second kappa shape index (κ2) is 35.4. The number of rotatable bonds is 38. The predicted molar refractivity (Wildman–Crippen MR) is 249 cm³/mol. The highest BCUT2D eigenvalue weighted by Gasteiger charge is 2.35. The first-order valence-corrected chi connectivity index (χ1v) is 23.2. The molecule has 0 aromatic heterocycles. The molecule has 0 saturated carbocycles. The Morgan fingerprint density at radius 1 is 0.409 bits per heavy atom. The lowest BCUT2D eigenvalue weighted by molar-refractivity contribution is -0.142. The number of carbonyl (C=O) groups is 10. The maximum Gasteiger partial charge on any atom is 0.327 e. The molecule has 0 bridgehead atoms. The fraction of sp³-hybridized carbons (Fsp3) is 0.744. The minimum Gasteiger partial charge on any atom is -0.481 e. The molecule has 0 aliphatic carbocycles. The van der Waals surface area contributed by atoms with Gasteiger partial charge in [-0.2, -0.15) is 25.3 Å². The van der Waals surface area contributed by atoms with E-state index >= 15 is 0 Å². The Balaban J connectivity index is 6.68. The second-order valence-corrected chi connectivity index (χ2v) is 16.2. The number of carboxylic acid groups (broad SMARTS) is 2. The Hall–Kier alpha value is -4.80. The maximum atomic E-state index is 14.0.